The molecule has 2 aromatic rings. The number of benzene rings is 1. The fraction of sp³-hybridized carbons (Fsp3) is 0.286. The molecule has 1 aromatic carbocycles. The molecule has 0 unspecified atom stereocenters. The number of hydrogen-bond acceptors (Lipinski definition) is 5. The summed E-state index contributed by atoms with van der Waals surface area (Å²) in [5.74, 6) is -0.252. The van der Waals surface area contributed by atoms with E-state index in [0.717, 1.165) is 5.69 Å². The van der Waals surface area contributed by atoms with E-state index in [1.165, 1.54) is 11.8 Å². The Kier molecular flexibility index (Phi) is 5.96. The average Bonchev–Trinajstić information content (AvgIpc) is 3.00. The van der Waals surface area contributed by atoms with E-state index in [-0.39, 0.29) is 24.1 Å². The Labute approximate surface area is 132 Å². The minimum absolute atomic E-state index is 0.0153. The Balaban J connectivity index is 1.86. The number of para-hydroxylation sites is 1. The lowest BCUT2D eigenvalue weighted by Gasteiger charge is -2.07. The Morgan fingerprint density at radius 1 is 1.18 bits per heavy atom. The van der Waals surface area contributed by atoms with Gasteiger partial charge in [-0.15, -0.1) is 10.2 Å². The molecule has 1 heterocycles. The molecule has 0 aliphatic carbocycles. The van der Waals surface area contributed by atoms with Crippen LogP contribution >= 0.6 is 11.8 Å². The van der Waals surface area contributed by atoms with Crippen molar-refractivity contribution >= 4 is 23.6 Å². The van der Waals surface area contributed by atoms with E-state index in [1.54, 1.807) is 6.33 Å². The molecule has 8 heteroatoms. The number of rotatable bonds is 7. The van der Waals surface area contributed by atoms with E-state index in [4.69, 9.17) is 0 Å². The van der Waals surface area contributed by atoms with Crippen LogP contribution in [0.1, 0.15) is 6.92 Å². The highest BCUT2D eigenvalue weighted by atomic mass is 32.2. The first kappa shape index (κ1) is 16.0. The van der Waals surface area contributed by atoms with Crippen LogP contribution in [0.15, 0.2) is 41.8 Å². The van der Waals surface area contributed by atoms with Crippen LogP contribution in [0.25, 0.3) is 5.69 Å². The third-order valence-electron chi connectivity index (χ3n) is 2.70. The van der Waals surface area contributed by atoms with Crippen molar-refractivity contribution in [2.45, 2.75) is 12.1 Å². The summed E-state index contributed by atoms with van der Waals surface area (Å²) in [7, 11) is 0. The van der Waals surface area contributed by atoms with E-state index in [9.17, 15) is 9.59 Å². The molecule has 0 aliphatic rings. The fourth-order valence-corrected chi connectivity index (χ4v) is 2.47. The summed E-state index contributed by atoms with van der Waals surface area (Å²) in [5.41, 5.74) is 0.928. The number of carbonyl (C=O) groups excluding carboxylic acids is 2. The highest BCUT2D eigenvalue weighted by Crippen LogP contribution is 2.18. The lowest BCUT2D eigenvalue weighted by molar-refractivity contribution is -0.124. The number of nitrogens with zero attached hydrogens (tertiary/aromatic N) is 3. The first-order chi connectivity index (χ1) is 10.7. The van der Waals surface area contributed by atoms with Gasteiger partial charge in [0.05, 0.1) is 12.3 Å². The maximum atomic E-state index is 11.7. The van der Waals surface area contributed by atoms with E-state index < -0.39 is 0 Å². The predicted octanol–water partition coefficient (Wildman–Crippen LogP) is 0.612. The summed E-state index contributed by atoms with van der Waals surface area (Å²) in [6, 6.07) is 9.63. The monoisotopic (exact) mass is 319 g/mol. The van der Waals surface area contributed by atoms with Gasteiger partial charge in [0.25, 0.3) is 0 Å². The van der Waals surface area contributed by atoms with Gasteiger partial charge in [-0.1, -0.05) is 30.0 Å². The van der Waals surface area contributed by atoms with Crippen LogP contribution in [-0.4, -0.2) is 45.4 Å². The predicted molar refractivity (Wildman–Crippen MR) is 83.8 cm³/mol. The van der Waals surface area contributed by atoms with Crippen LogP contribution < -0.4 is 10.6 Å². The maximum absolute atomic E-state index is 11.7. The lowest BCUT2D eigenvalue weighted by Crippen LogP contribution is -2.37. The van der Waals surface area contributed by atoms with Gasteiger partial charge in [-0.25, -0.2) is 0 Å². The van der Waals surface area contributed by atoms with Gasteiger partial charge in [-0.2, -0.15) is 0 Å². The smallest absolute Gasteiger partial charge is 0.239 e. The molecule has 0 fully saturated rings. The number of amides is 2. The van der Waals surface area contributed by atoms with Gasteiger partial charge in [-0.3, -0.25) is 14.2 Å². The van der Waals surface area contributed by atoms with Gasteiger partial charge >= 0.3 is 0 Å². The van der Waals surface area contributed by atoms with Gasteiger partial charge in [0, 0.05) is 12.2 Å². The van der Waals surface area contributed by atoms with Gasteiger partial charge < -0.3 is 10.6 Å². The summed E-state index contributed by atoms with van der Waals surface area (Å²) < 4.78 is 1.81. The van der Waals surface area contributed by atoms with Crippen molar-refractivity contribution < 1.29 is 9.59 Å². The molecule has 2 amide bonds. The molecule has 0 radical (unpaired) electrons. The van der Waals surface area contributed by atoms with E-state index in [0.29, 0.717) is 11.7 Å². The Morgan fingerprint density at radius 2 is 1.95 bits per heavy atom. The van der Waals surface area contributed by atoms with Crippen molar-refractivity contribution in [3.8, 4) is 5.69 Å². The van der Waals surface area contributed by atoms with Gasteiger partial charge in [0.1, 0.15) is 6.33 Å². The normalized spacial score (nSPS) is 10.2. The van der Waals surface area contributed by atoms with Crippen molar-refractivity contribution in [1.82, 2.24) is 25.4 Å². The minimum Gasteiger partial charge on any atom is -0.355 e. The molecule has 1 aromatic heterocycles. The molecule has 116 valence electrons. The second-order valence-electron chi connectivity index (χ2n) is 4.34. The van der Waals surface area contributed by atoms with Crippen LogP contribution in [0.4, 0.5) is 0 Å². The zero-order valence-electron chi connectivity index (χ0n) is 12.2. The van der Waals surface area contributed by atoms with Gasteiger partial charge in [0.2, 0.25) is 11.8 Å². The van der Waals surface area contributed by atoms with Crippen LogP contribution in [0, 0.1) is 0 Å². The summed E-state index contributed by atoms with van der Waals surface area (Å²) in [6.45, 7) is 2.36. The summed E-state index contributed by atoms with van der Waals surface area (Å²) in [4.78, 5) is 23.0. The number of hydrogen-bond donors (Lipinski definition) is 2. The lowest BCUT2D eigenvalue weighted by atomic mass is 10.3. The number of nitrogens with one attached hydrogen (secondary N) is 2. The number of carbonyl (C=O) groups is 2. The Morgan fingerprint density at radius 3 is 2.68 bits per heavy atom. The van der Waals surface area contributed by atoms with Crippen LogP contribution in [0.3, 0.4) is 0 Å². The Bertz CT molecular complexity index is 629. The molecule has 2 N–H and O–H groups in total. The number of likely N-dealkylation sites (N-methyl/N-ethyl adjacent to an activating group) is 1. The molecule has 0 saturated heterocycles. The SMILES string of the molecule is CCNC(=O)CNC(=O)CSc1nncn1-c1ccccc1. The maximum Gasteiger partial charge on any atom is 0.239 e. The third kappa shape index (κ3) is 4.59. The molecule has 0 atom stereocenters. The largest absolute Gasteiger partial charge is 0.355 e. The standard InChI is InChI=1S/C14H17N5O2S/c1-2-15-12(20)8-16-13(21)9-22-14-18-17-10-19(14)11-6-4-3-5-7-11/h3-7,10H,2,8-9H2,1H3,(H,15,20)(H,16,21). The van der Waals surface area contributed by atoms with E-state index in [1.807, 2.05) is 41.8 Å². The minimum atomic E-state index is -0.223. The van der Waals surface area contributed by atoms with Crippen molar-refractivity contribution in [3.05, 3.63) is 36.7 Å². The number of thioether (sulfide) groups is 1. The quantitative estimate of drug-likeness (QED) is 0.730. The second kappa shape index (κ2) is 8.18. The fourth-order valence-electron chi connectivity index (χ4n) is 1.71. The van der Waals surface area contributed by atoms with Crippen molar-refractivity contribution in [2.24, 2.45) is 0 Å². The molecule has 0 saturated carbocycles. The summed E-state index contributed by atoms with van der Waals surface area (Å²) in [6.07, 6.45) is 1.60. The van der Waals surface area contributed by atoms with Crippen LogP contribution in [0.5, 0.6) is 0 Å². The highest BCUT2D eigenvalue weighted by Gasteiger charge is 2.10. The van der Waals surface area contributed by atoms with Crippen molar-refractivity contribution in [3.63, 3.8) is 0 Å². The Hall–Kier alpha value is -2.35. The number of aromatic nitrogens is 3. The van der Waals surface area contributed by atoms with E-state index in [2.05, 4.69) is 20.8 Å². The molecular weight excluding hydrogens is 302 g/mol. The topological polar surface area (TPSA) is 88.9 Å². The van der Waals surface area contributed by atoms with Crippen LogP contribution in [-0.2, 0) is 9.59 Å². The highest BCUT2D eigenvalue weighted by molar-refractivity contribution is 7.99. The van der Waals surface area contributed by atoms with Crippen molar-refractivity contribution in [1.29, 1.82) is 0 Å². The van der Waals surface area contributed by atoms with E-state index >= 15 is 0 Å². The molecule has 0 bridgehead atoms. The van der Waals surface area contributed by atoms with Gasteiger partial charge in [-0.05, 0) is 19.1 Å². The molecule has 2 rings (SSSR count). The van der Waals surface area contributed by atoms with Crippen molar-refractivity contribution in [2.75, 3.05) is 18.8 Å². The molecule has 0 aliphatic heterocycles. The molecule has 0 spiro atoms. The van der Waals surface area contributed by atoms with Crippen LogP contribution in [0.2, 0.25) is 0 Å². The molecular formula is C14H17N5O2S. The molecule has 22 heavy (non-hydrogen) atoms. The third-order valence-corrected chi connectivity index (χ3v) is 3.65. The zero-order valence-corrected chi connectivity index (χ0v) is 13.0. The average molecular weight is 319 g/mol. The second-order valence-corrected chi connectivity index (χ2v) is 5.28. The molecule has 7 nitrogen and oxygen atoms in total. The summed E-state index contributed by atoms with van der Waals surface area (Å²) in [5, 5.41) is 13.7. The zero-order chi connectivity index (χ0) is 15.8. The summed E-state index contributed by atoms with van der Waals surface area (Å²) >= 11 is 1.27. The first-order valence-corrected chi connectivity index (χ1v) is 7.81. The van der Waals surface area contributed by atoms with Gasteiger partial charge in [0.15, 0.2) is 5.16 Å². The first-order valence-electron chi connectivity index (χ1n) is 6.82.